The largest absolute Gasteiger partial charge is 0.481 e. The highest BCUT2D eigenvalue weighted by molar-refractivity contribution is 5.78. The number of hydrogen-bond acceptors (Lipinski definition) is 3. The van der Waals surface area contributed by atoms with Gasteiger partial charge in [-0.1, -0.05) is 20.3 Å². The highest BCUT2D eigenvalue weighted by Gasteiger charge is 2.35. The summed E-state index contributed by atoms with van der Waals surface area (Å²) in [6, 6.07) is 0. The van der Waals surface area contributed by atoms with Crippen LogP contribution in [0.2, 0.25) is 0 Å². The van der Waals surface area contributed by atoms with E-state index >= 15 is 0 Å². The maximum absolute atomic E-state index is 11.5. The Morgan fingerprint density at radius 1 is 1.47 bits per heavy atom. The van der Waals surface area contributed by atoms with Crippen molar-refractivity contribution in [2.75, 3.05) is 26.2 Å². The molecule has 0 saturated carbocycles. The van der Waals surface area contributed by atoms with Crippen LogP contribution in [-0.4, -0.2) is 48.1 Å². The lowest BCUT2D eigenvalue weighted by Crippen LogP contribution is -2.53. The molecule has 1 unspecified atom stereocenters. The van der Waals surface area contributed by atoms with E-state index in [1.165, 1.54) is 0 Å². The van der Waals surface area contributed by atoms with Gasteiger partial charge in [-0.25, -0.2) is 0 Å². The van der Waals surface area contributed by atoms with Crippen LogP contribution in [0.5, 0.6) is 0 Å². The van der Waals surface area contributed by atoms with E-state index < -0.39 is 5.97 Å². The summed E-state index contributed by atoms with van der Waals surface area (Å²) < 4.78 is 0. The second-order valence-electron chi connectivity index (χ2n) is 4.78. The molecule has 1 atom stereocenters. The van der Waals surface area contributed by atoms with Crippen LogP contribution in [0.4, 0.5) is 0 Å². The maximum Gasteiger partial charge on any atom is 0.306 e. The summed E-state index contributed by atoms with van der Waals surface area (Å²) in [5.74, 6) is -0.827. The Bertz CT molecular complexity index is 275. The van der Waals surface area contributed by atoms with Crippen LogP contribution in [0.25, 0.3) is 0 Å². The molecule has 2 N–H and O–H groups in total. The Morgan fingerprint density at radius 3 is 2.65 bits per heavy atom. The molecule has 1 fully saturated rings. The van der Waals surface area contributed by atoms with E-state index in [0.717, 1.165) is 19.4 Å². The highest BCUT2D eigenvalue weighted by Crippen LogP contribution is 2.23. The van der Waals surface area contributed by atoms with Crippen molar-refractivity contribution in [3.8, 4) is 0 Å². The van der Waals surface area contributed by atoms with Gasteiger partial charge in [0, 0.05) is 19.6 Å². The lowest BCUT2D eigenvalue weighted by Gasteiger charge is -2.40. The topological polar surface area (TPSA) is 69.6 Å². The molecule has 1 aliphatic heterocycles. The van der Waals surface area contributed by atoms with Crippen molar-refractivity contribution in [1.82, 2.24) is 10.2 Å². The molecule has 5 heteroatoms. The molecule has 0 spiro atoms. The predicted molar refractivity (Wildman–Crippen MR) is 64.6 cm³/mol. The molecule has 0 aromatic rings. The molecular weight excluding hydrogens is 220 g/mol. The second kappa shape index (κ2) is 6.59. The Labute approximate surface area is 102 Å². The molecule has 0 radical (unpaired) electrons. The highest BCUT2D eigenvalue weighted by atomic mass is 16.4. The van der Waals surface area contributed by atoms with Gasteiger partial charge in [0.25, 0.3) is 0 Å². The molecule has 5 nitrogen and oxygen atoms in total. The third kappa shape index (κ3) is 4.34. The van der Waals surface area contributed by atoms with Crippen LogP contribution < -0.4 is 5.32 Å². The fraction of sp³-hybridized carbons (Fsp3) is 0.833. The van der Waals surface area contributed by atoms with Crippen LogP contribution in [0.15, 0.2) is 0 Å². The fourth-order valence-electron chi connectivity index (χ4n) is 1.92. The van der Waals surface area contributed by atoms with E-state index in [1.54, 1.807) is 6.92 Å². The number of carboxylic acids is 1. The van der Waals surface area contributed by atoms with Crippen molar-refractivity contribution in [2.24, 2.45) is 11.8 Å². The molecule has 17 heavy (non-hydrogen) atoms. The van der Waals surface area contributed by atoms with E-state index in [2.05, 4.69) is 12.2 Å². The minimum absolute atomic E-state index is 0.0416. The Kier molecular flexibility index (Phi) is 5.41. The zero-order chi connectivity index (χ0) is 12.8. The number of nitrogens with zero attached hydrogens (tertiary/aromatic N) is 1. The van der Waals surface area contributed by atoms with E-state index in [-0.39, 0.29) is 17.7 Å². The maximum atomic E-state index is 11.5. The van der Waals surface area contributed by atoms with Crippen LogP contribution in [0.1, 0.15) is 26.7 Å². The van der Waals surface area contributed by atoms with Gasteiger partial charge in [-0.3, -0.25) is 14.5 Å². The number of carboxylic acid groups (broad SMARTS) is 1. The van der Waals surface area contributed by atoms with Crippen molar-refractivity contribution in [1.29, 1.82) is 0 Å². The van der Waals surface area contributed by atoms with Crippen molar-refractivity contribution >= 4 is 11.9 Å². The predicted octanol–water partition coefficient (Wildman–Crippen LogP) is 0.555. The monoisotopic (exact) mass is 242 g/mol. The van der Waals surface area contributed by atoms with Gasteiger partial charge in [-0.2, -0.15) is 0 Å². The van der Waals surface area contributed by atoms with Gasteiger partial charge in [0.05, 0.1) is 12.5 Å². The number of likely N-dealkylation sites (tertiary alicyclic amines) is 1. The number of unbranched alkanes of at least 4 members (excludes halogenated alkanes) is 1. The Balaban J connectivity index is 2.12. The van der Waals surface area contributed by atoms with E-state index in [1.807, 2.05) is 4.90 Å². The summed E-state index contributed by atoms with van der Waals surface area (Å²) in [5.41, 5.74) is 0. The van der Waals surface area contributed by atoms with Crippen LogP contribution in [0.3, 0.4) is 0 Å². The average molecular weight is 242 g/mol. The van der Waals surface area contributed by atoms with Crippen molar-refractivity contribution in [3.05, 3.63) is 0 Å². The summed E-state index contributed by atoms with van der Waals surface area (Å²) in [4.78, 5) is 24.2. The molecule has 0 aliphatic carbocycles. The van der Waals surface area contributed by atoms with Gasteiger partial charge < -0.3 is 10.4 Å². The first-order valence-corrected chi connectivity index (χ1v) is 6.26. The summed E-state index contributed by atoms with van der Waals surface area (Å²) in [5, 5.41) is 11.7. The van der Waals surface area contributed by atoms with Crippen LogP contribution in [0, 0.1) is 11.8 Å². The molecule has 1 heterocycles. The third-order valence-corrected chi connectivity index (χ3v) is 3.30. The standard InChI is InChI=1S/C12H22N2O3/c1-3-4-5-13-11(15)8-14-6-10(7-14)9(2)12(16)17/h9-10H,3-8H2,1-2H3,(H,13,15)(H,16,17). The minimum atomic E-state index is -0.748. The molecule has 1 aliphatic rings. The first kappa shape index (κ1) is 14.0. The van der Waals surface area contributed by atoms with Gasteiger partial charge in [-0.15, -0.1) is 0 Å². The first-order valence-electron chi connectivity index (χ1n) is 6.26. The fourth-order valence-corrected chi connectivity index (χ4v) is 1.92. The summed E-state index contributed by atoms with van der Waals surface area (Å²) in [6.45, 7) is 6.37. The lowest BCUT2D eigenvalue weighted by atomic mass is 9.87. The summed E-state index contributed by atoms with van der Waals surface area (Å²) in [6.07, 6.45) is 2.08. The molecule has 0 aromatic carbocycles. The van der Waals surface area contributed by atoms with Gasteiger partial charge in [0.15, 0.2) is 0 Å². The van der Waals surface area contributed by atoms with E-state index in [9.17, 15) is 9.59 Å². The van der Waals surface area contributed by atoms with Crippen LogP contribution in [-0.2, 0) is 9.59 Å². The number of rotatable bonds is 7. The number of nitrogens with one attached hydrogen (secondary N) is 1. The summed E-state index contributed by atoms with van der Waals surface area (Å²) >= 11 is 0. The number of amides is 1. The number of aliphatic carboxylic acids is 1. The Morgan fingerprint density at radius 2 is 2.12 bits per heavy atom. The molecule has 1 saturated heterocycles. The van der Waals surface area contributed by atoms with Crippen molar-refractivity contribution in [3.63, 3.8) is 0 Å². The lowest BCUT2D eigenvalue weighted by molar-refractivity contribution is -0.145. The molecule has 98 valence electrons. The summed E-state index contributed by atoms with van der Waals surface area (Å²) in [7, 11) is 0. The molecule has 1 amide bonds. The molecular formula is C12H22N2O3. The second-order valence-corrected chi connectivity index (χ2v) is 4.78. The van der Waals surface area contributed by atoms with E-state index in [4.69, 9.17) is 5.11 Å². The molecule has 0 aromatic heterocycles. The quantitative estimate of drug-likeness (QED) is 0.640. The van der Waals surface area contributed by atoms with E-state index in [0.29, 0.717) is 19.6 Å². The zero-order valence-electron chi connectivity index (χ0n) is 10.6. The average Bonchev–Trinajstić information content (AvgIpc) is 2.22. The van der Waals surface area contributed by atoms with Crippen molar-refractivity contribution < 1.29 is 14.7 Å². The SMILES string of the molecule is CCCCNC(=O)CN1CC(C(C)C(=O)O)C1. The molecule has 0 bridgehead atoms. The number of hydrogen-bond donors (Lipinski definition) is 2. The third-order valence-electron chi connectivity index (χ3n) is 3.30. The molecule has 1 rings (SSSR count). The van der Waals surface area contributed by atoms with Gasteiger partial charge in [0.2, 0.25) is 5.91 Å². The van der Waals surface area contributed by atoms with Gasteiger partial charge >= 0.3 is 5.97 Å². The first-order chi connectivity index (χ1) is 8.04. The van der Waals surface area contributed by atoms with Crippen molar-refractivity contribution in [2.45, 2.75) is 26.7 Å². The minimum Gasteiger partial charge on any atom is -0.481 e. The Hall–Kier alpha value is -1.10. The normalized spacial score (nSPS) is 18.5. The van der Waals surface area contributed by atoms with Gasteiger partial charge in [-0.05, 0) is 12.3 Å². The number of carbonyl (C=O) groups excluding carboxylic acids is 1. The number of carbonyl (C=O) groups is 2. The smallest absolute Gasteiger partial charge is 0.306 e. The zero-order valence-corrected chi connectivity index (χ0v) is 10.6. The van der Waals surface area contributed by atoms with Gasteiger partial charge in [0.1, 0.15) is 0 Å². The van der Waals surface area contributed by atoms with Crippen LogP contribution >= 0.6 is 0 Å².